The molecule has 1 unspecified atom stereocenters. The predicted molar refractivity (Wildman–Crippen MR) is 274 cm³/mol. The molecule has 0 amide bonds. The molecular formula is C58H94O6. The van der Waals surface area contributed by atoms with E-state index in [1.807, 2.05) is 18.2 Å². The topological polar surface area (TPSA) is 78.9 Å². The molecule has 0 saturated carbocycles. The van der Waals surface area contributed by atoms with Crippen molar-refractivity contribution in [2.24, 2.45) is 0 Å². The fraction of sp³-hybridized carbons (Fsp3) is 0.638. The van der Waals surface area contributed by atoms with Crippen LogP contribution in [0.3, 0.4) is 0 Å². The minimum atomic E-state index is -0.840. The van der Waals surface area contributed by atoms with Gasteiger partial charge in [-0.25, -0.2) is 0 Å². The van der Waals surface area contributed by atoms with E-state index in [-0.39, 0.29) is 50.4 Å². The molecule has 362 valence electrons. The third-order valence-electron chi connectivity index (χ3n) is 10.5. The fourth-order valence-electron chi connectivity index (χ4n) is 6.63. The van der Waals surface area contributed by atoms with Crippen molar-refractivity contribution in [3.05, 3.63) is 109 Å². The maximum absolute atomic E-state index is 12.8. The van der Waals surface area contributed by atoms with Crippen molar-refractivity contribution in [1.29, 1.82) is 0 Å². The summed E-state index contributed by atoms with van der Waals surface area (Å²) in [6.45, 7) is 6.36. The van der Waals surface area contributed by atoms with Gasteiger partial charge in [-0.05, 0) is 103 Å². The van der Waals surface area contributed by atoms with Crippen LogP contribution in [-0.4, -0.2) is 37.2 Å². The number of rotatable bonds is 45. The second-order valence-corrected chi connectivity index (χ2v) is 16.7. The van der Waals surface area contributed by atoms with Gasteiger partial charge in [0.2, 0.25) is 0 Å². The Morgan fingerprint density at radius 1 is 0.328 bits per heavy atom. The Morgan fingerprint density at radius 2 is 0.641 bits per heavy atom. The van der Waals surface area contributed by atoms with Gasteiger partial charge in [0.15, 0.2) is 6.10 Å². The van der Waals surface area contributed by atoms with Crippen LogP contribution in [0.15, 0.2) is 109 Å². The molecule has 0 aliphatic heterocycles. The standard InChI is InChI=1S/C58H94O6/c1-4-7-10-13-16-19-22-25-27-28-29-30-31-34-36-39-42-45-48-51-57(60)63-54-55(53-62-56(59)50-47-44-41-38-35-32-24-21-18-15-12-9-6-3)64-58(61)52-49-46-43-40-37-33-26-23-20-17-14-11-8-5-2/h7,10,16,19,25,27,29-30,32-37,41-42,44-45,55H,4-6,8-9,11-15,17-18,20-24,26,28,31,38-40,43,46-54H2,1-3H3/b10-7-,19-16-,27-25-,30-29-,35-32-,36-34-,37-33-,44-41-,45-42-. The highest BCUT2D eigenvalue weighted by Gasteiger charge is 2.19. The Hall–Kier alpha value is -3.93. The summed E-state index contributed by atoms with van der Waals surface area (Å²) in [6, 6.07) is 0. The van der Waals surface area contributed by atoms with Gasteiger partial charge in [-0.3, -0.25) is 14.4 Å². The zero-order chi connectivity index (χ0) is 46.5. The second kappa shape index (κ2) is 51.7. The molecule has 0 spiro atoms. The molecule has 6 nitrogen and oxygen atoms in total. The van der Waals surface area contributed by atoms with E-state index in [1.54, 1.807) is 0 Å². The average Bonchev–Trinajstić information content (AvgIpc) is 3.29. The molecule has 64 heavy (non-hydrogen) atoms. The highest BCUT2D eigenvalue weighted by molar-refractivity contribution is 5.71. The maximum Gasteiger partial charge on any atom is 0.306 e. The van der Waals surface area contributed by atoms with E-state index >= 15 is 0 Å². The molecule has 0 radical (unpaired) electrons. The molecule has 0 aliphatic carbocycles. The molecule has 6 heteroatoms. The first-order valence-corrected chi connectivity index (χ1v) is 25.9. The summed E-state index contributed by atoms with van der Waals surface area (Å²) in [4.78, 5) is 37.9. The summed E-state index contributed by atoms with van der Waals surface area (Å²) in [5.74, 6) is -1.11. The summed E-state index contributed by atoms with van der Waals surface area (Å²) in [5.41, 5.74) is 0. The van der Waals surface area contributed by atoms with E-state index in [2.05, 4.69) is 112 Å². The lowest BCUT2D eigenvalue weighted by Gasteiger charge is -2.18. The Labute approximate surface area is 393 Å². The summed E-state index contributed by atoms with van der Waals surface area (Å²) < 4.78 is 16.6. The number of unbranched alkanes of at least 4 members (excludes halogenated alkanes) is 16. The van der Waals surface area contributed by atoms with Crippen molar-refractivity contribution in [3.8, 4) is 0 Å². The van der Waals surface area contributed by atoms with E-state index in [1.165, 1.54) is 83.5 Å². The number of hydrogen-bond donors (Lipinski definition) is 0. The molecule has 0 rings (SSSR count). The molecule has 0 aromatic heterocycles. The molecule has 0 aromatic rings. The number of allylic oxidation sites excluding steroid dienone is 18. The summed E-state index contributed by atoms with van der Waals surface area (Å²) >= 11 is 0. The Balaban J connectivity index is 4.59. The van der Waals surface area contributed by atoms with Gasteiger partial charge in [0.1, 0.15) is 13.2 Å². The molecule has 0 heterocycles. The molecule has 0 aliphatic rings. The zero-order valence-electron chi connectivity index (χ0n) is 41.3. The number of carbonyl (C=O) groups excluding carboxylic acids is 3. The first kappa shape index (κ1) is 60.1. The van der Waals surface area contributed by atoms with Crippen LogP contribution in [0.5, 0.6) is 0 Å². The van der Waals surface area contributed by atoms with Crippen molar-refractivity contribution in [2.75, 3.05) is 13.2 Å². The van der Waals surface area contributed by atoms with Crippen LogP contribution < -0.4 is 0 Å². The SMILES string of the molecule is CC/C=C\C/C=C\C/C=C\C/C=C\C/C=C\C/C=C\CCC(=O)OCC(COC(=O)CC/C=C\C/C=C\CCCCCCCC)OC(=O)CCCCC/C=C\CCCCCCCCC. The van der Waals surface area contributed by atoms with Crippen LogP contribution >= 0.6 is 0 Å². The highest BCUT2D eigenvalue weighted by Crippen LogP contribution is 2.12. The highest BCUT2D eigenvalue weighted by atomic mass is 16.6. The summed E-state index contributed by atoms with van der Waals surface area (Å²) in [5, 5.41) is 0. The second-order valence-electron chi connectivity index (χ2n) is 16.7. The first-order chi connectivity index (χ1) is 31.5. The van der Waals surface area contributed by atoms with Crippen molar-refractivity contribution in [3.63, 3.8) is 0 Å². The quantitative estimate of drug-likeness (QED) is 0.0262. The molecule has 1 atom stereocenters. The zero-order valence-corrected chi connectivity index (χ0v) is 41.3. The van der Waals surface area contributed by atoms with E-state index < -0.39 is 6.10 Å². The van der Waals surface area contributed by atoms with Crippen molar-refractivity contribution < 1.29 is 28.6 Å². The normalized spacial score (nSPS) is 13.0. The molecular weight excluding hydrogens is 793 g/mol. The Bertz CT molecular complexity index is 1340. The van der Waals surface area contributed by atoms with Gasteiger partial charge >= 0.3 is 17.9 Å². The lowest BCUT2D eigenvalue weighted by Crippen LogP contribution is -2.30. The maximum atomic E-state index is 12.8. The van der Waals surface area contributed by atoms with Gasteiger partial charge in [-0.2, -0.15) is 0 Å². The van der Waals surface area contributed by atoms with Crippen molar-refractivity contribution in [1.82, 2.24) is 0 Å². The van der Waals surface area contributed by atoms with E-state index in [9.17, 15) is 14.4 Å². The minimum Gasteiger partial charge on any atom is -0.462 e. The largest absolute Gasteiger partial charge is 0.462 e. The number of carbonyl (C=O) groups is 3. The van der Waals surface area contributed by atoms with Gasteiger partial charge < -0.3 is 14.2 Å². The van der Waals surface area contributed by atoms with Crippen LogP contribution in [0, 0.1) is 0 Å². The number of hydrogen-bond acceptors (Lipinski definition) is 6. The van der Waals surface area contributed by atoms with Crippen molar-refractivity contribution >= 4 is 17.9 Å². The van der Waals surface area contributed by atoms with Crippen LogP contribution in [-0.2, 0) is 28.6 Å². The monoisotopic (exact) mass is 887 g/mol. The van der Waals surface area contributed by atoms with E-state index in [0.717, 1.165) is 83.5 Å². The molecule has 0 saturated heterocycles. The third kappa shape index (κ3) is 49.1. The average molecular weight is 887 g/mol. The summed E-state index contributed by atoms with van der Waals surface area (Å²) in [6.07, 6.45) is 69.6. The van der Waals surface area contributed by atoms with Crippen LogP contribution in [0.4, 0.5) is 0 Å². The first-order valence-electron chi connectivity index (χ1n) is 25.9. The molecule has 0 N–H and O–H groups in total. The Morgan fingerprint density at radius 3 is 1.03 bits per heavy atom. The van der Waals surface area contributed by atoms with Gasteiger partial charge in [0.05, 0.1) is 0 Å². The Kier molecular flexibility index (Phi) is 48.5. The van der Waals surface area contributed by atoms with Crippen LogP contribution in [0.2, 0.25) is 0 Å². The molecule has 0 bridgehead atoms. The fourth-order valence-corrected chi connectivity index (χ4v) is 6.63. The van der Waals surface area contributed by atoms with E-state index in [0.29, 0.717) is 12.8 Å². The van der Waals surface area contributed by atoms with Gasteiger partial charge in [0, 0.05) is 19.3 Å². The smallest absolute Gasteiger partial charge is 0.306 e. The minimum absolute atomic E-state index is 0.139. The summed E-state index contributed by atoms with van der Waals surface area (Å²) in [7, 11) is 0. The third-order valence-corrected chi connectivity index (χ3v) is 10.5. The van der Waals surface area contributed by atoms with E-state index in [4.69, 9.17) is 14.2 Å². The van der Waals surface area contributed by atoms with Gasteiger partial charge in [0.25, 0.3) is 0 Å². The predicted octanol–water partition coefficient (Wildman–Crippen LogP) is 17.1. The van der Waals surface area contributed by atoms with Crippen LogP contribution in [0.1, 0.15) is 220 Å². The molecule has 0 fully saturated rings. The molecule has 0 aromatic carbocycles. The van der Waals surface area contributed by atoms with Crippen molar-refractivity contribution in [2.45, 2.75) is 226 Å². The van der Waals surface area contributed by atoms with Gasteiger partial charge in [-0.15, -0.1) is 0 Å². The number of ether oxygens (including phenoxy) is 3. The van der Waals surface area contributed by atoms with Crippen LogP contribution in [0.25, 0.3) is 0 Å². The lowest BCUT2D eigenvalue weighted by molar-refractivity contribution is -0.166. The van der Waals surface area contributed by atoms with Gasteiger partial charge in [-0.1, -0.05) is 207 Å². The number of esters is 3. The lowest BCUT2D eigenvalue weighted by atomic mass is 10.1.